The lowest BCUT2D eigenvalue weighted by atomic mass is 9.83. The summed E-state index contributed by atoms with van der Waals surface area (Å²) in [5.41, 5.74) is 1.41. The number of halogens is 1. The summed E-state index contributed by atoms with van der Waals surface area (Å²) in [6.45, 7) is 6.25. The summed E-state index contributed by atoms with van der Waals surface area (Å²) < 4.78 is 6.69. The lowest BCUT2D eigenvalue weighted by molar-refractivity contribution is -0.946. The molecule has 0 radical (unpaired) electrons. The van der Waals surface area contributed by atoms with Gasteiger partial charge in [-0.15, -0.1) is 0 Å². The molecule has 116 valence electrons. The van der Waals surface area contributed by atoms with Crippen LogP contribution in [-0.4, -0.2) is 42.7 Å². The molecule has 3 fully saturated rings. The number of hydrogen-bond donors (Lipinski definition) is 0. The van der Waals surface area contributed by atoms with E-state index in [1.54, 1.807) is 0 Å². The highest BCUT2D eigenvalue weighted by Crippen LogP contribution is 2.35. The fourth-order valence-electron chi connectivity index (χ4n) is 3.89. The summed E-state index contributed by atoms with van der Waals surface area (Å²) in [4.78, 5) is 11.2. The molecule has 4 rings (SSSR count). The third-order valence-electron chi connectivity index (χ3n) is 5.08. The first-order valence-corrected chi connectivity index (χ1v) is 7.73. The number of carbonyl (C=O) groups is 1. The van der Waals surface area contributed by atoms with E-state index in [4.69, 9.17) is 4.74 Å². The van der Waals surface area contributed by atoms with Gasteiger partial charge in [0.1, 0.15) is 6.54 Å². The Balaban J connectivity index is 0.00000161. The van der Waals surface area contributed by atoms with Crippen molar-refractivity contribution in [3.05, 3.63) is 35.9 Å². The van der Waals surface area contributed by atoms with E-state index in [0.29, 0.717) is 5.92 Å². The summed E-state index contributed by atoms with van der Waals surface area (Å²) in [6, 6.07) is 10.7. The topological polar surface area (TPSA) is 26.3 Å². The van der Waals surface area contributed by atoms with Gasteiger partial charge in [0.2, 0.25) is 0 Å². The number of quaternary nitrogens is 1. The van der Waals surface area contributed by atoms with E-state index in [9.17, 15) is 4.79 Å². The molecule has 0 aromatic heterocycles. The van der Waals surface area contributed by atoms with Gasteiger partial charge in [-0.2, -0.15) is 0 Å². The van der Waals surface area contributed by atoms with E-state index < -0.39 is 0 Å². The Hall–Kier alpha value is -0.870. The quantitative estimate of drug-likeness (QED) is 0.534. The molecule has 0 spiro atoms. The molecular formula is C17H24BrNO2. The van der Waals surface area contributed by atoms with Gasteiger partial charge in [0.05, 0.1) is 19.6 Å². The molecule has 21 heavy (non-hydrogen) atoms. The molecule has 4 heteroatoms. The van der Waals surface area contributed by atoms with E-state index in [-0.39, 0.29) is 29.1 Å². The number of piperidine rings is 3. The van der Waals surface area contributed by atoms with Crippen LogP contribution >= 0.6 is 0 Å². The molecule has 3 nitrogen and oxygen atoms in total. The zero-order valence-electron chi connectivity index (χ0n) is 12.6. The van der Waals surface area contributed by atoms with Gasteiger partial charge in [-0.05, 0) is 5.56 Å². The van der Waals surface area contributed by atoms with Gasteiger partial charge >= 0.3 is 5.97 Å². The summed E-state index contributed by atoms with van der Waals surface area (Å²) in [7, 11) is 0. The average molecular weight is 354 g/mol. The minimum atomic E-state index is -0.120. The molecule has 0 amide bonds. The maximum atomic E-state index is 11.2. The van der Waals surface area contributed by atoms with E-state index >= 15 is 0 Å². The molecule has 1 aromatic carbocycles. The maximum Gasteiger partial charge on any atom is 0.303 e. The second kappa shape index (κ2) is 6.93. The number of hydrogen-bond acceptors (Lipinski definition) is 2. The second-order valence-electron chi connectivity index (χ2n) is 6.42. The normalized spacial score (nSPS) is 30.5. The van der Waals surface area contributed by atoms with Crippen molar-refractivity contribution in [1.29, 1.82) is 0 Å². The van der Waals surface area contributed by atoms with Crippen LogP contribution in [0, 0.1) is 5.92 Å². The molecule has 3 aliphatic heterocycles. The highest BCUT2D eigenvalue weighted by molar-refractivity contribution is 5.66. The highest BCUT2D eigenvalue weighted by atomic mass is 79.9. The van der Waals surface area contributed by atoms with E-state index in [0.717, 1.165) is 17.4 Å². The third-order valence-corrected chi connectivity index (χ3v) is 5.08. The Kier molecular flexibility index (Phi) is 5.44. The molecule has 2 bridgehead atoms. The Morgan fingerprint density at radius 1 is 1.24 bits per heavy atom. The Morgan fingerprint density at radius 3 is 2.52 bits per heavy atom. The largest absolute Gasteiger partial charge is 1.00 e. The number of fused-ring (bicyclic) bond motifs is 3. The fraction of sp³-hybridized carbons (Fsp3) is 0.588. The fourth-order valence-corrected chi connectivity index (χ4v) is 3.89. The number of benzene rings is 1. The van der Waals surface area contributed by atoms with Crippen LogP contribution in [0.15, 0.2) is 30.3 Å². The van der Waals surface area contributed by atoms with Gasteiger partial charge in [0, 0.05) is 32.1 Å². The van der Waals surface area contributed by atoms with E-state index in [1.165, 1.54) is 45.0 Å². The monoisotopic (exact) mass is 353 g/mol. The first-order chi connectivity index (χ1) is 9.67. The molecule has 0 N–H and O–H groups in total. The minimum absolute atomic E-state index is 0. The van der Waals surface area contributed by atoms with Crippen molar-refractivity contribution in [3.63, 3.8) is 0 Å². The summed E-state index contributed by atoms with van der Waals surface area (Å²) in [5, 5.41) is 0. The molecule has 3 heterocycles. The van der Waals surface area contributed by atoms with Gasteiger partial charge < -0.3 is 26.2 Å². The first-order valence-electron chi connectivity index (χ1n) is 7.73. The minimum Gasteiger partial charge on any atom is -1.00 e. The Morgan fingerprint density at radius 2 is 1.90 bits per heavy atom. The van der Waals surface area contributed by atoms with Crippen LogP contribution in [0.4, 0.5) is 0 Å². The SMILES string of the molecule is CC(=O)OC1C[N+]2(CCc3ccccc3)CCC1CC2.[Br-]. The standard InChI is InChI=1S/C17H24NO2.BrH/c1-14(19)20-17-13-18(11-8-16(17)9-12-18)10-7-15-5-3-2-4-6-15;/h2-6,16-17H,7-13H2,1H3;1H/q+1;/p-1. The molecule has 1 atom stereocenters. The molecule has 0 aliphatic carbocycles. The zero-order chi connectivity index (χ0) is 14.0. The van der Waals surface area contributed by atoms with Crippen molar-refractivity contribution < 1.29 is 31.0 Å². The molecule has 0 saturated carbocycles. The first kappa shape index (κ1) is 16.5. The predicted molar refractivity (Wildman–Crippen MR) is 78.2 cm³/mol. The number of carbonyl (C=O) groups excluding carboxylic acids is 1. The number of rotatable bonds is 4. The smallest absolute Gasteiger partial charge is 0.303 e. The van der Waals surface area contributed by atoms with Crippen molar-refractivity contribution in [2.45, 2.75) is 32.3 Å². The van der Waals surface area contributed by atoms with Crippen LogP contribution in [0.25, 0.3) is 0 Å². The van der Waals surface area contributed by atoms with E-state index in [2.05, 4.69) is 30.3 Å². The number of ether oxygens (including phenoxy) is 1. The van der Waals surface area contributed by atoms with Crippen molar-refractivity contribution in [3.8, 4) is 0 Å². The summed E-state index contributed by atoms with van der Waals surface area (Å²) in [5.74, 6) is 0.487. The molecule has 3 aliphatic rings. The Bertz CT molecular complexity index is 469. The maximum absolute atomic E-state index is 11.2. The van der Waals surface area contributed by atoms with Crippen LogP contribution in [0.2, 0.25) is 0 Å². The van der Waals surface area contributed by atoms with Crippen molar-refractivity contribution in [1.82, 2.24) is 0 Å². The highest BCUT2D eigenvalue weighted by Gasteiger charge is 2.46. The zero-order valence-corrected chi connectivity index (χ0v) is 14.2. The lowest BCUT2D eigenvalue weighted by Crippen LogP contribution is -3.00. The summed E-state index contributed by atoms with van der Waals surface area (Å²) in [6.07, 6.45) is 3.71. The summed E-state index contributed by atoms with van der Waals surface area (Å²) >= 11 is 0. The van der Waals surface area contributed by atoms with Crippen LogP contribution in [0.5, 0.6) is 0 Å². The second-order valence-corrected chi connectivity index (χ2v) is 6.42. The van der Waals surface area contributed by atoms with Gasteiger partial charge in [-0.3, -0.25) is 4.79 Å². The van der Waals surface area contributed by atoms with Gasteiger partial charge in [-0.1, -0.05) is 30.3 Å². The third kappa shape index (κ3) is 3.86. The number of esters is 1. The van der Waals surface area contributed by atoms with Crippen molar-refractivity contribution >= 4 is 5.97 Å². The van der Waals surface area contributed by atoms with Crippen LogP contribution in [0.1, 0.15) is 25.3 Å². The lowest BCUT2D eigenvalue weighted by Gasteiger charge is -2.52. The van der Waals surface area contributed by atoms with Crippen LogP contribution in [-0.2, 0) is 16.0 Å². The van der Waals surface area contributed by atoms with Crippen LogP contribution < -0.4 is 17.0 Å². The van der Waals surface area contributed by atoms with Crippen molar-refractivity contribution in [2.24, 2.45) is 5.92 Å². The van der Waals surface area contributed by atoms with Crippen molar-refractivity contribution in [2.75, 3.05) is 26.2 Å². The van der Waals surface area contributed by atoms with Gasteiger partial charge in [-0.25, -0.2) is 0 Å². The van der Waals surface area contributed by atoms with E-state index in [1.807, 2.05) is 0 Å². The predicted octanol–water partition coefficient (Wildman–Crippen LogP) is -0.595. The molecular weight excluding hydrogens is 330 g/mol. The molecule has 3 saturated heterocycles. The number of nitrogens with zero attached hydrogens (tertiary/aromatic N) is 1. The molecule has 1 aromatic rings. The molecule has 1 unspecified atom stereocenters. The van der Waals surface area contributed by atoms with Crippen LogP contribution in [0.3, 0.4) is 0 Å². The van der Waals surface area contributed by atoms with Gasteiger partial charge in [0.25, 0.3) is 0 Å². The Labute approximate surface area is 137 Å². The average Bonchev–Trinajstić information content (AvgIpc) is 2.47. The van der Waals surface area contributed by atoms with Gasteiger partial charge in [0.15, 0.2) is 6.10 Å².